The SMILES string of the molecule is CCCC(C)(O)CNC(=O)NC(CCC(=O)O)Cc1ccccc1. The Morgan fingerprint density at radius 2 is 1.92 bits per heavy atom. The molecule has 134 valence electrons. The van der Waals surface area contributed by atoms with E-state index < -0.39 is 17.6 Å². The van der Waals surface area contributed by atoms with Crippen LogP contribution in [0.1, 0.15) is 45.1 Å². The van der Waals surface area contributed by atoms with E-state index in [1.54, 1.807) is 6.92 Å². The summed E-state index contributed by atoms with van der Waals surface area (Å²) in [7, 11) is 0. The third kappa shape index (κ3) is 8.53. The Balaban J connectivity index is 2.56. The van der Waals surface area contributed by atoms with Crippen LogP contribution in [0, 0.1) is 0 Å². The molecule has 24 heavy (non-hydrogen) atoms. The molecule has 1 rings (SSSR count). The number of hydrogen-bond acceptors (Lipinski definition) is 3. The van der Waals surface area contributed by atoms with Gasteiger partial charge in [0.25, 0.3) is 0 Å². The van der Waals surface area contributed by atoms with Crippen LogP contribution in [0.3, 0.4) is 0 Å². The smallest absolute Gasteiger partial charge is 0.315 e. The quantitative estimate of drug-likeness (QED) is 0.527. The molecular weight excluding hydrogens is 308 g/mol. The molecule has 0 saturated carbocycles. The highest BCUT2D eigenvalue weighted by atomic mass is 16.4. The maximum Gasteiger partial charge on any atom is 0.315 e. The van der Waals surface area contributed by atoms with E-state index in [-0.39, 0.29) is 19.0 Å². The van der Waals surface area contributed by atoms with Crippen molar-refractivity contribution >= 4 is 12.0 Å². The summed E-state index contributed by atoms with van der Waals surface area (Å²) in [6.07, 6.45) is 2.33. The number of carboxylic acid groups (broad SMARTS) is 1. The maximum atomic E-state index is 12.1. The topological polar surface area (TPSA) is 98.7 Å². The Morgan fingerprint density at radius 1 is 1.25 bits per heavy atom. The molecule has 1 aromatic carbocycles. The van der Waals surface area contributed by atoms with E-state index in [0.717, 1.165) is 12.0 Å². The highest BCUT2D eigenvalue weighted by molar-refractivity contribution is 5.74. The molecule has 4 N–H and O–H groups in total. The third-order valence-electron chi connectivity index (χ3n) is 3.79. The summed E-state index contributed by atoms with van der Waals surface area (Å²) in [6, 6.07) is 8.94. The highest BCUT2D eigenvalue weighted by Crippen LogP contribution is 2.10. The van der Waals surface area contributed by atoms with Gasteiger partial charge in [0.15, 0.2) is 0 Å². The Hall–Kier alpha value is -2.08. The van der Waals surface area contributed by atoms with E-state index in [1.807, 2.05) is 37.3 Å². The molecule has 2 unspecified atom stereocenters. The van der Waals surface area contributed by atoms with Crippen molar-refractivity contribution in [3.63, 3.8) is 0 Å². The van der Waals surface area contributed by atoms with Gasteiger partial charge in [-0.3, -0.25) is 4.79 Å². The van der Waals surface area contributed by atoms with Crippen LogP contribution < -0.4 is 10.6 Å². The molecule has 0 saturated heterocycles. The number of carbonyl (C=O) groups is 2. The van der Waals surface area contributed by atoms with Crippen LogP contribution in [0.2, 0.25) is 0 Å². The number of amides is 2. The highest BCUT2D eigenvalue weighted by Gasteiger charge is 2.21. The van der Waals surface area contributed by atoms with Crippen LogP contribution in [-0.4, -0.2) is 40.4 Å². The van der Waals surface area contributed by atoms with Gasteiger partial charge in [0.1, 0.15) is 0 Å². The first-order valence-electron chi connectivity index (χ1n) is 8.35. The number of aliphatic carboxylic acids is 1. The minimum Gasteiger partial charge on any atom is -0.481 e. The fourth-order valence-corrected chi connectivity index (χ4v) is 2.56. The predicted octanol–water partition coefficient (Wildman–Crippen LogP) is 2.31. The monoisotopic (exact) mass is 336 g/mol. The fourth-order valence-electron chi connectivity index (χ4n) is 2.56. The van der Waals surface area contributed by atoms with Crippen molar-refractivity contribution in [2.75, 3.05) is 6.54 Å². The number of aliphatic hydroxyl groups is 1. The average Bonchev–Trinajstić information content (AvgIpc) is 2.52. The first-order valence-corrected chi connectivity index (χ1v) is 8.35. The number of hydrogen-bond donors (Lipinski definition) is 4. The number of carbonyl (C=O) groups excluding carboxylic acids is 1. The molecule has 0 bridgehead atoms. The lowest BCUT2D eigenvalue weighted by atomic mass is 10.0. The summed E-state index contributed by atoms with van der Waals surface area (Å²) < 4.78 is 0. The van der Waals surface area contributed by atoms with Crippen LogP contribution in [-0.2, 0) is 11.2 Å². The zero-order valence-corrected chi connectivity index (χ0v) is 14.4. The average molecular weight is 336 g/mol. The van der Waals surface area contributed by atoms with Gasteiger partial charge < -0.3 is 20.8 Å². The van der Waals surface area contributed by atoms with Crippen LogP contribution >= 0.6 is 0 Å². The molecule has 6 heteroatoms. The largest absolute Gasteiger partial charge is 0.481 e. The Kier molecular flexibility index (Phi) is 8.26. The van der Waals surface area contributed by atoms with Gasteiger partial charge in [0, 0.05) is 19.0 Å². The molecule has 1 aromatic rings. The minimum absolute atomic E-state index is 0.00860. The van der Waals surface area contributed by atoms with Crippen LogP contribution in [0.4, 0.5) is 4.79 Å². The first-order chi connectivity index (χ1) is 11.3. The summed E-state index contributed by atoms with van der Waals surface area (Å²) in [5.74, 6) is -0.888. The zero-order chi connectivity index (χ0) is 18.0. The summed E-state index contributed by atoms with van der Waals surface area (Å²) >= 11 is 0. The molecule has 2 amide bonds. The molecular formula is C18H28N2O4. The molecule has 0 heterocycles. The van der Waals surface area contributed by atoms with Crippen molar-refractivity contribution in [1.29, 1.82) is 0 Å². The van der Waals surface area contributed by atoms with E-state index in [2.05, 4.69) is 10.6 Å². The van der Waals surface area contributed by atoms with E-state index in [9.17, 15) is 14.7 Å². The van der Waals surface area contributed by atoms with Gasteiger partial charge in [-0.2, -0.15) is 0 Å². The molecule has 0 aliphatic carbocycles. The number of nitrogens with one attached hydrogen (secondary N) is 2. The lowest BCUT2D eigenvalue weighted by molar-refractivity contribution is -0.137. The molecule has 0 aliphatic rings. The Labute approximate surface area is 143 Å². The van der Waals surface area contributed by atoms with Crippen LogP contribution in [0.25, 0.3) is 0 Å². The third-order valence-corrected chi connectivity index (χ3v) is 3.79. The van der Waals surface area contributed by atoms with Crippen molar-refractivity contribution in [2.45, 2.75) is 57.6 Å². The summed E-state index contributed by atoms with van der Waals surface area (Å²) in [6.45, 7) is 3.81. The minimum atomic E-state index is -0.942. The molecule has 6 nitrogen and oxygen atoms in total. The van der Waals surface area contributed by atoms with Gasteiger partial charge >= 0.3 is 12.0 Å². The lowest BCUT2D eigenvalue weighted by Crippen LogP contribution is -2.48. The van der Waals surface area contributed by atoms with E-state index in [0.29, 0.717) is 19.3 Å². The zero-order valence-electron chi connectivity index (χ0n) is 14.4. The fraction of sp³-hybridized carbons (Fsp3) is 0.556. The van der Waals surface area contributed by atoms with E-state index in [1.165, 1.54) is 0 Å². The van der Waals surface area contributed by atoms with Gasteiger partial charge in [-0.15, -0.1) is 0 Å². The molecule has 2 atom stereocenters. The number of benzene rings is 1. The van der Waals surface area contributed by atoms with Gasteiger partial charge in [-0.05, 0) is 31.7 Å². The molecule has 0 spiro atoms. The lowest BCUT2D eigenvalue weighted by Gasteiger charge is -2.24. The number of urea groups is 1. The van der Waals surface area contributed by atoms with Gasteiger partial charge in [-0.25, -0.2) is 4.79 Å². The van der Waals surface area contributed by atoms with Gasteiger partial charge in [0.2, 0.25) is 0 Å². The van der Waals surface area contributed by atoms with Gasteiger partial charge in [-0.1, -0.05) is 43.7 Å². The Morgan fingerprint density at radius 3 is 2.50 bits per heavy atom. The standard InChI is InChI=1S/C18H28N2O4/c1-3-11-18(2,24)13-19-17(23)20-15(9-10-16(21)22)12-14-7-5-4-6-8-14/h4-8,15,24H,3,9-13H2,1-2H3,(H,21,22)(H2,19,20,23). The second-order valence-corrected chi connectivity index (χ2v) is 6.39. The van der Waals surface area contributed by atoms with E-state index >= 15 is 0 Å². The normalized spacial score (nSPS) is 14.5. The second-order valence-electron chi connectivity index (χ2n) is 6.39. The van der Waals surface area contributed by atoms with Crippen molar-refractivity contribution in [2.24, 2.45) is 0 Å². The second kappa shape index (κ2) is 9.93. The molecule has 0 aliphatic heterocycles. The van der Waals surface area contributed by atoms with Gasteiger partial charge in [0.05, 0.1) is 5.60 Å². The molecule has 0 radical (unpaired) electrons. The summed E-state index contributed by atoms with van der Waals surface area (Å²) in [5.41, 5.74) is 0.0911. The maximum absolute atomic E-state index is 12.1. The predicted molar refractivity (Wildman–Crippen MR) is 92.9 cm³/mol. The Bertz CT molecular complexity index is 517. The number of rotatable bonds is 10. The number of carboxylic acids is 1. The van der Waals surface area contributed by atoms with E-state index in [4.69, 9.17) is 5.11 Å². The van der Waals surface area contributed by atoms with Crippen LogP contribution in [0.5, 0.6) is 0 Å². The van der Waals surface area contributed by atoms with Crippen molar-refractivity contribution < 1.29 is 19.8 Å². The van der Waals surface area contributed by atoms with Crippen molar-refractivity contribution in [3.05, 3.63) is 35.9 Å². The van der Waals surface area contributed by atoms with Crippen LogP contribution in [0.15, 0.2) is 30.3 Å². The molecule has 0 aromatic heterocycles. The summed E-state index contributed by atoms with van der Waals surface area (Å²) in [5, 5.41) is 24.4. The first kappa shape index (κ1) is 20.0. The van der Waals surface area contributed by atoms with Crippen molar-refractivity contribution in [1.82, 2.24) is 10.6 Å². The van der Waals surface area contributed by atoms with Crippen molar-refractivity contribution in [3.8, 4) is 0 Å². The summed E-state index contributed by atoms with van der Waals surface area (Å²) in [4.78, 5) is 22.9. The molecule has 0 fully saturated rings.